The van der Waals surface area contributed by atoms with Crippen molar-refractivity contribution in [3.63, 3.8) is 0 Å². The molecule has 0 spiro atoms. The van der Waals surface area contributed by atoms with Gasteiger partial charge in [-0.25, -0.2) is 4.98 Å². The minimum absolute atomic E-state index is 0.150. The van der Waals surface area contributed by atoms with E-state index in [1.54, 1.807) is 55.5 Å². The molecule has 0 radical (unpaired) electrons. The molecule has 206 valence electrons. The zero-order chi connectivity index (χ0) is 28.9. The fourth-order valence-electron chi connectivity index (χ4n) is 4.43. The number of fused-ring (bicyclic) bond motifs is 1. The minimum atomic E-state index is -4.47. The highest BCUT2D eigenvalue weighted by Gasteiger charge is 2.31. The van der Waals surface area contributed by atoms with Crippen molar-refractivity contribution in [1.29, 1.82) is 5.26 Å². The van der Waals surface area contributed by atoms with Crippen LogP contribution in [-0.2, 0) is 22.1 Å². The first-order valence-electron chi connectivity index (χ1n) is 12.7. The lowest BCUT2D eigenvalue weighted by Crippen LogP contribution is -2.40. The number of amides is 1. The van der Waals surface area contributed by atoms with Crippen LogP contribution >= 0.6 is 0 Å². The van der Waals surface area contributed by atoms with Crippen LogP contribution in [0.1, 0.15) is 42.4 Å². The number of para-hydroxylation sites is 1. The molecule has 0 saturated carbocycles. The van der Waals surface area contributed by atoms with Gasteiger partial charge in [0.15, 0.2) is 0 Å². The van der Waals surface area contributed by atoms with Crippen LogP contribution < -0.4 is 5.56 Å². The van der Waals surface area contributed by atoms with E-state index >= 15 is 0 Å². The Morgan fingerprint density at radius 1 is 1.07 bits per heavy atom. The van der Waals surface area contributed by atoms with Crippen LogP contribution in [0, 0.1) is 11.3 Å². The number of rotatable bonds is 9. The van der Waals surface area contributed by atoms with E-state index in [-0.39, 0.29) is 31.0 Å². The van der Waals surface area contributed by atoms with Crippen LogP contribution in [0.4, 0.5) is 13.2 Å². The van der Waals surface area contributed by atoms with Gasteiger partial charge in [-0.3, -0.25) is 14.2 Å². The minimum Gasteiger partial charge on any atom is -0.380 e. The molecule has 1 aromatic heterocycles. The van der Waals surface area contributed by atoms with Gasteiger partial charge < -0.3 is 9.64 Å². The lowest BCUT2D eigenvalue weighted by atomic mass is 10.1. The van der Waals surface area contributed by atoms with Crippen LogP contribution in [0.5, 0.6) is 0 Å². The summed E-state index contributed by atoms with van der Waals surface area (Å²) in [5.74, 6) is -0.0635. The summed E-state index contributed by atoms with van der Waals surface area (Å²) in [5, 5.41) is 9.60. The zero-order valence-electron chi connectivity index (χ0n) is 22.0. The summed E-state index contributed by atoms with van der Waals surface area (Å²) >= 11 is 0. The van der Waals surface area contributed by atoms with Gasteiger partial charge in [-0.05, 0) is 67.9 Å². The monoisotopic (exact) mass is 548 g/mol. The normalized spacial score (nSPS) is 12.2. The first kappa shape index (κ1) is 28.5. The molecule has 0 unspecified atom stereocenters. The van der Waals surface area contributed by atoms with E-state index in [1.165, 1.54) is 21.6 Å². The van der Waals surface area contributed by atoms with Gasteiger partial charge in [0.25, 0.3) is 5.56 Å². The number of alkyl halides is 3. The summed E-state index contributed by atoms with van der Waals surface area (Å²) in [6, 6.07) is 19.1. The summed E-state index contributed by atoms with van der Waals surface area (Å²) in [4.78, 5) is 33.6. The lowest BCUT2D eigenvalue weighted by Gasteiger charge is -2.30. The molecule has 1 atom stereocenters. The second-order valence-electron chi connectivity index (χ2n) is 9.12. The molecule has 0 bridgehead atoms. The Morgan fingerprint density at radius 3 is 2.38 bits per heavy atom. The Morgan fingerprint density at radius 2 is 1.75 bits per heavy atom. The molecule has 0 aliphatic rings. The maximum absolute atomic E-state index is 13.7. The number of benzene rings is 3. The second kappa shape index (κ2) is 12.1. The number of carbonyl (C=O) groups excluding carboxylic acids is 1. The average molecular weight is 549 g/mol. The van der Waals surface area contributed by atoms with Crippen LogP contribution in [0.25, 0.3) is 16.6 Å². The summed E-state index contributed by atoms with van der Waals surface area (Å²) in [7, 11) is 0. The van der Waals surface area contributed by atoms with Crippen LogP contribution in [0.2, 0.25) is 0 Å². The first-order chi connectivity index (χ1) is 19.1. The van der Waals surface area contributed by atoms with E-state index < -0.39 is 17.8 Å². The fraction of sp³-hybridized carbons (Fsp3) is 0.267. The van der Waals surface area contributed by atoms with Gasteiger partial charge in [0, 0.05) is 13.2 Å². The fourth-order valence-corrected chi connectivity index (χ4v) is 4.43. The number of nitrogens with zero attached hydrogens (tertiary/aromatic N) is 4. The predicted octanol–water partition coefficient (Wildman–Crippen LogP) is 5.44. The van der Waals surface area contributed by atoms with E-state index in [4.69, 9.17) is 9.72 Å². The van der Waals surface area contributed by atoms with Crippen molar-refractivity contribution in [3.05, 3.63) is 106 Å². The van der Waals surface area contributed by atoms with Gasteiger partial charge in [-0.15, -0.1) is 0 Å². The standard InChI is InChI=1S/C30H27F3N4O3/c1-3-40-17-16-36(27(38)18-21-8-12-23(13-9-21)30(31,32)33)20(2)28-35-26-7-5-4-6-25(26)29(39)37(28)24-14-10-22(19-34)11-15-24/h4-15,20H,3,16-18H2,1-2H3/t20-/m1/s1. The molecule has 0 fully saturated rings. The number of nitriles is 1. The quantitative estimate of drug-likeness (QED) is 0.260. The van der Waals surface area contributed by atoms with Crippen LogP contribution in [0.15, 0.2) is 77.6 Å². The van der Waals surface area contributed by atoms with Crippen molar-refractivity contribution in [2.75, 3.05) is 19.8 Å². The van der Waals surface area contributed by atoms with E-state index in [9.17, 15) is 28.0 Å². The molecule has 1 amide bonds. The summed E-state index contributed by atoms with van der Waals surface area (Å²) in [5.41, 5.74) is 0.644. The molecular weight excluding hydrogens is 521 g/mol. The van der Waals surface area contributed by atoms with E-state index in [0.717, 1.165) is 12.1 Å². The number of halogens is 3. The number of ether oxygens (including phenoxy) is 1. The molecule has 4 rings (SSSR count). The third-order valence-corrected chi connectivity index (χ3v) is 6.54. The molecule has 3 aromatic carbocycles. The SMILES string of the molecule is CCOCCN(C(=O)Cc1ccc(C(F)(F)F)cc1)[C@H](C)c1nc2ccccc2c(=O)n1-c1ccc(C#N)cc1. The van der Waals surface area contributed by atoms with Crippen LogP contribution in [0.3, 0.4) is 0 Å². The Balaban J connectivity index is 1.77. The molecule has 1 heterocycles. The van der Waals surface area contributed by atoms with Crippen LogP contribution in [-0.4, -0.2) is 40.1 Å². The highest BCUT2D eigenvalue weighted by molar-refractivity contribution is 5.80. The lowest BCUT2D eigenvalue weighted by molar-refractivity contribution is -0.137. The largest absolute Gasteiger partial charge is 0.416 e. The highest BCUT2D eigenvalue weighted by atomic mass is 19.4. The third kappa shape index (κ3) is 6.21. The maximum atomic E-state index is 13.7. The highest BCUT2D eigenvalue weighted by Crippen LogP contribution is 2.29. The Kier molecular flexibility index (Phi) is 8.65. The van der Waals surface area contributed by atoms with E-state index in [2.05, 4.69) is 6.07 Å². The number of hydrogen-bond donors (Lipinski definition) is 0. The molecule has 40 heavy (non-hydrogen) atoms. The molecule has 10 heteroatoms. The Labute approximate surface area is 229 Å². The molecule has 0 saturated heterocycles. The van der Waals surface area contributed by atoms with Crippen molar-refractivity contribution >= 4 is 16.8 Å². The first-order valence-corrected chi connectivity index (χ1v) is 12.7. The summed E-state index contributed by atoms with van der Waals surface area (Å²) in [6.45, 7) is 4.39. The van der Waals surface area contributed by atoms with Gasteiger partial charge in [0.05, 0.1) is 52.9 Å². The number of carbonyl (C=O) groups is 1. The third-order valence-electron chi connectivity index (χ3n) is 6.54. The maximum Gasteiger partial charge on any atom is 0.416 e. The van der Waals surface area contributed by atoms with Crippen molar-refractivity contribution < 1.29 is 22.7 Å². The van der Waals surface area contributed by atoms with Gasteiger partial charge in [-0.2, -0.15) is 18.4 Å². The summed E-state index contributed by atoms with van der Waals surface area (Å²) in [6.07, 6.45) is -4.62. The van der Waals surface area contributed by atoms with Gasteiger partial charge >= 0.3 is 6.18 Å². The molecule has 0 aliphatic carbocycles. The molecule has 7 nitrogen and oxygen atoms in total. The number of aromatic nitrogens is 2. The Hall–Kier alpha value is -4.49. The zero-order valence-corrected chi connectivity index (χ0v) is 22.0. The van der Waals surface area contributed by atoms with E-state index in [1.807, 2.05) is 6.92 Å². The smallest absolute Gasteiger partial charge is 0.380 e. The van der Waals surface area contributed by atoms with E-state index in [0.29, 0.717) is 40.1 Å². The topological polar surface area (TPSA) is 88.2 Å². The Bertz CT molecular complexity index is 1590. The molecule has 0 N–H and O–H groups in total. The second-order valence-corrected chi connectivity index (χ2v) is 9.12. The van der Waals surface area contributed by atoms with Crippen molar-refractivity contribution in [3.8, 4) is 11.8 Å². The molecule has 4 aromatic rings. The van der Waals surface area contributed by atoms with Gasteiger partial charge in [0.1, 0.15) is 5.82 Å². The van der Waals surface area contributed by atoms with Gasteiger partial charge in [0.2, 0.25) is 5.91 Å². The molecular formula is C30H27F3N4O3. The van der Waals surface area contributed by atoms with Crippen molar-refractivity contribution in [1.82, 2.24) is 14.5 Å². The number of hydrogen-bond acceptors (Lipinski definition) is 5. The average Bonchev–Trinajstić information content (AvgIpc) is 2.95. The predicted molar refractivity (Wildman–Crippen MR) is 144 cm³/mol. The molecule has 0 aliphatic heterocycles. The van der Waals surface area contributed by atoms with Crippen molar-refractivity contribution in [2.24, 2.45) is 0 Å². The van der Waals surface area contributed by atoms with Gasteiger partial charge in [-0.1, -0.05) is 24.3 Å². The summed E-state index contributed by atoms with van der Waals surface area (Å²) < 4.78 is 45.9. The van der Waals surface area contributed by atoms with Crippen molar-refractivity contribution in [2.45, 2.75) is 32.5 Å².